The highest BCUT2D eigenvalue weighted by Crippen LogP contribution is 2.62. The number of rotatable bonds is 5. The van der Waals surface area contributed by atoms with Crippen molar-refractivity contribution >= 4 is 34.2 Å². The average Bonchev–Trinajstić information content (AvgIpc) is 2.71. The number of nitrogens with zero attached hydrogens (tertiary/aromatic N) is 1. The van der Waals surface area contributed by atoms with Gasteiger partial charge in [0.2, 0.25) is 17.7 Å². The van der Waals surface area contributed by atoms with E-state index in [9.17, 15) is 14.4 Å². The normalized spacial score (nSPS) is 30.2. The Kier molecular flexibility index (Phi) is 4.99. The molecule has 2 N–H and O–H groups in total. The van der Waals surface area contributed by atoms with Crippen molar-refractivity contribution in [2.75, 3.05) is 18.9 Å². The van der Waals surface area contributed by atoms with Crippen molar-refractivity contribution in [3.05, 3.63) is 42.5 Å². The molecule has 0 radical (unpaired) electrons. The molecule has 2 aromatic carbocycles. The molecular formula is C26H31N3O3. The first-order valence-corrected chi connectivity index (χ1v) is 11.6. The minimum absolute atomic E-state index is 0.0163. The van der Waals surface area contributed by atoms with Gasteiger partial charge in [-0.3, -0.25) is 14.4 Å². The molecular weight excluding hydrogens is 402 g/mol. The Hall–Kier alpha value is -2.89. The van der Waals surface area contributed by atoms with E-state index in [0.29, 0.717) is 18.3 Å². The molecule has 6 rings (SSSR count). The van der Waals surface area contributed by atoms with E-state index in [1.807, 2.05) is 42.5 Å². The van der Waals surface area contributed by atoms with E-state index in [1.54, 1.807) is 18.9 Å². The van der Waals surface area contributed by atoms with Crippen molar-refractivity contribution < 1.29 is 14.4 Å². The minimum Gasteiger partial charge on any atom is -0.351 e. The van der Waals surface area contributed by atoms with Gasteiger partial charge in [0.25, 0.3) is 0 Å². The lowest BCUT2D eigenvalue weighted by Crippen LogP contribution is -2.66. The maximum Gasteiger partial charge on any atom is 0.244 e. The van der Waals surface area contributed by atoms with Gasteiger partial charge in [-0.15, -0.1) is 0 Å². The van der Waals surface area contributed by atoms with Crippen molar-refractivity contribution in [1.29, 1.82) is 0 Å². The van der Waals surface area contributed by atoms with Crippen LogP contribution in [0.1, 0.15) is 45.4 Å². The van der Waals surface area contributed by atoms with Crippen LogP contribution in [0.4, 0.5) is 5.69 Å². The van der Waals surface area contributed by atoms with E-state index in [1.165, 1.54) is 0 Å². The van der Waals surface area contributed by atoms with E-state index >= 15 is 0 Å². The molecule has 3 amide bonds. The Bertz CT molecular complexity index is 1080. The number of carbonyl (C=O) groups is 3. The number of hydrogen-bond acceptors (Lipinski definition) is 3. The van der Waals surface area contributed by atoms with Crippen LogP contribution in [0, 0.1) is 17.3 Å². The monoisotopic (exact) mass is 433 g/mol. The number of hydrogen-bond donors (Lipinski definition) is 2. The Morgan fingerprint density at radius 3 is 2.41 bits per heavy atom. The zero-order valence-corrected chi connectivity index (χ0v) is 18.8. The van der Waals surface area contributed by atoms with Crippen LogP contribution in [0.25, 0.3) is 10.8 Å². The average molecular weight is 434 g/mol. The number of likely N-dealkylation sites (N-methyl/N-ethyl adjacent to an activating group) is 1. The lowest BCUT2D eigenvalue weighted by molar-refractivity contribution is -0.162. The van der Waals surface area contributed by atoms with Crippen LogP contribution in [0.3, 0.4) is 0 Å². The van der Waals surface area contributed by atoms with Gasteiger partial charge in [0.05, 0.1) is 12.0 Å². The largest absolute Gasteiger partial charge is 0.351 e. The lowest BCUT2D eigenvalue weighted by Gasteiger charge is -2.61. The molecule has 4 aliphatic carbocycles. The summed E-state index contributed by atoms with van der Waals surface area (Å²) in [6.45, 7) is 1.59. The maximum absolute atomic E-state index is 13.7. The lowest BCUT2D eigenvalue weighted by atomic mass is 9.46. The molecule has 0 aromatic heterocycles. The van der Waals surface area contributed by atoms with E-state index < -0.39 is 5.41 Å². The molecule has 0 aliphatic heterocycles. The zero-order chi connectivity index (χ0) is 22.5. The topological polar surface area (TPSA) is 78.5 Å². The zero-order valence-electron chi connectivity index (χ0n) is 18.8. The molecule has 0 heterocycles. The number of anilines is 1. The fourth-order valence-corrected chi connectivity index (χ4v) is 7.25. The highest BCUT2D eigenvalue weighted by Gasteiger charge is 2.61. The molecule has 168 valence electrons. The van der Waals surface area contributed by atoms with Gasteiger partial charge in [0.1, 0.15) is 0 Å². The molecule has 4 aliphatic rings. The first kappa shape index (κ1) is 21.0. The summed E-state index contributed by atoms with van der Waals surface area (Å²) in [4.78, 5) is 40.0. The third-order valence-electron chi connectivity index (χ3n) is 7.75. The SMILES string of the molecule is CC(=O)NC12CC3CC(C1)CC(C(=O)N(C)CC(=O)Nc1cccc4ccccc14)(C3)C2. The molecule has 0 saturated heterocycles. The van der Waals surface area contributed by atoms with Gasteiger partial charge in [0, 0.05) is 30.6 Å². The second-order valence-electron chi connectivity index (χ2n) is 10.4. The van der Waals surface area contributed by atoms with Gasteiger partial charge in [-0.1, -0.05) is 36.4 Å². The smallest absolute Gasteiger partial charge is 0.244 e. The molecule has 4 saturated carbocycles. The molecule has 32 heavy (non-hydrogen) atoms. The van der Waals surface area contributed by atoms with Gasteiger partial charge in [0.15, 0.2) is 0 Å². The predicted molar refractivity (Wildman–Crippen MR) is 124 cm³/mol. The highest BCUT2D eigenvalue weighted by molar-refractivity contribution is 6.03. The second kappa shape index (κ2) is 7.61. The van der Waals surface area contributed by atoms with Crippen LogP contribution in [-0.2, 0) is 14.4 Å². The molecule has 2 atom stereocenters. The first-order chi connectivity index (χ1) is 15.3. The molecule has 4 bridgehead atoms. The number of fused-ring (bicyclic) bond motifs is 1. The Labute approximate surface area is 188 Å². The van der Waals surface area contributed by atoms with Crippen LogP contribution in [0.15, 0.2) is 42.5 Å². The van der Waals surface area contributed by atoms with Crippen molar-refractivity contribution in [3.63, 3.8) is 0 Å². The summed E-state index contributed by atoms with van der Waals surface area (Å²) in [5.74, 6) is 0.792. The second-order valence-corrected chi connectivity index (χ2v) is 10.4. The number of nitrogens with one attached hydrogen (secondary N) is 2. The van der Waals surface area contributed by atoms with E-state index in [-0.39, 0.29) is 29.8 Å². The number of benzene rings is 2. The van der Waals surface area contributed by atoms with Gasteiger partial charge in [-0.2, -0.15) is 0 Å². The van der Waals surface area contributed by atoms with Gasteiger partial charge < -0.3 is 15.5 Å². The quantitative estimate of drug-likeness (QED) is 0.755. The van der Waals surface area contributed by atoms with E-state index in [2.05, 4.69) is 10.6 Å². The van der Waals surface area contributed by atoms with E-state index in [4.69, 9.17) is 0 Å². The fourth-order valence-electron chi connectivity index (χ4n) is 7.25. The third kappa shape index (κ3) is 3.65. The van der Waals surface area contributed by atoms with Gasteiger partial charge >= 0.3 is 0 Å². The Morgan fingerprint density at radius 1 is 1.00 bits per heavy atom. The van der Waals surface area contributed by atoms with Crippen LogP contribution < -0.4 is 10.6 Å². The van der Waals surface area contributed by atoms with Crippen molar-refractivity contribution in [2.24, 2.45) is 17.3 Å². The van der Waals surface area contributed by atoms with Crippen LogP contribution >= 0.6 is 0 Å². The molecule has 6 nitrogen and oxygen atoms in total. The van der Waals surface area contributed by atoms with Crippen molar-refractivity contribution in [3.8, 4) is 0 Å². The molecule has 4 fully saturated rings. The number of carbonyl (C=O) groups excluding carboxylic acids is 3. The molecule has 6 heteroatoms. The predicted octanol–water partition coefficient (Wildman–Crippen LogP) is 3.71. The standard InChI is InChI=1S/C26H31N3O3/c1-17(30)28-26-13-18-10-19(14-26)12-25(11-18,16-26)24(32)29(2)15-23(31)27-22-9-5-7-20-6-3-4-8-21(20)22/h3-9,18-19H,10-16H2,1-2H3,(H,27,31)(H,28,30). The Morgan fingerprint density at radius 2 is 1.69 bits per heavy atom. The highest BCUT2D eigenvalue weighted by atomic mass is 16.2. The van der Waals surface area contributed by atoms with Crippen LogP contribution in [0.2, 0.25) is 0 Å². The molecule has 2 unspecified atom stereocenters. The van der Waals surface area contributed by atoms with Crippen molar-refractivity contribution in [2.45, 2.75) is 51.0 Å². The summed E-state index contributed by atoms with van der Waals surface area (Å²) in [5, 5.41) is 8.24. The maximum atomic E-state index is 13.7. The number of amides is 3. The summed E-state index contributed by atoms with van der Waals surface area (Å²) in [6.07, 6.45) is 5.55. The summed E-state index contributed by atoms with van der Waals surface area (Å²) in [7, 11) is 1.73. The summed E-state index contributed by atoms with van der Waals surface area (Å²) in [5.41, 5.74) is 0.0481. The van der Waals surface area contributed by atoms with Gasteiger partial charge in [-0.05, 0) is 61.8 Å². The summed E-state index contributed by atoms with van der Waals surface area (Å²) < 4.78 is 0. The van der Waals surface area contributed by atoms with Gasteiger partial charge in [-0.25, -0.2) is 0 Å². The van der Waals surface area contributed by atoms with Crippen molar-refractivity contribution in [1.82, 2.24) is 10.2 Å². The molecule has 2 aromatic rings. The summed E-state index contributed by atoms with van der Waals surface area (Å²) >= 11 is 0. The molecule has 0 spiro atoms. The first-order valence-electron chi connectivity index (χ1n) is 11.6. The third-order valence-corrected chi connectivity index (χ3v) is 7.75. The minimum atomic E-state index is -0.457. The fraction of sp³-hybridized carbons (Fsp3) is 0.500. The van der Waals surface area contributed by atoms with Crippen LogP contribution in [0.5, 0.6) is 0 Å². The van der Waals surface area contributed by atoms with E-state index in [0.717, 1.165) is 48.6 Å². The van der Waals surface area contributed by atoms with Crippen LogP contribution in [-0.4, -0.2) is 41.8 Å². The summed E-state index contributed by atoms with van der Waals surface area (Å²) in [6, 6.07) is 13.7. The Balaban J connectivity index is 1.30.